The van der Waals surface area contributed by atoms with Crippen LogP contribution in [0.25, 0.3) is 0 Å². The fourth-order valence-corrected chi connectivity index (χ4v) is 3.53. The molecule has 0 bridgehead atoms. The molecule has 5 heteroatoms. The fourth-order valence-electron chi connectivity index (χ4n) is 3.53. The van der Waals surface area contributed by atoms with Crippen LogP contribution in [0, 0.1) is 0 Å². The normalized spacial score (nSPS) is 34.3. The lowest BCUT2D eigenvalue weighted by Crippen LogP contribution is -2.51. The molecule has 2 aliphatic rings. The number of carbonyl (C=O) groups excluding carboxylic acids is 2. The highest BCUT2D eigenvalue weighted by molar-refractivity contribution is 5.73. The van der Waals surface area contributed by atoms with Gasteiger partial charge in [0.25, 0.3) is 0 Å². The van der Waals surface area contributed by atoms with Crippen LogP contribution >= 0.6 is 0 Å². The summed E-state index contributed by atoms with van der Waals surface area (Å²) in [6, 6.07) is 0. The van der Waals surface area contributed by atoms with Crippen molar-refractivity contribution >= 4 is 12.3 Å². The first-order chi connectivity index (χ1) is 10.5. The Kier molecular flexibility index (Phi) is 5.98. The zero-order valence-electron chi connectivity index (χ0n) is 13.8. The lowest BCUT2D eigenvalue weighted by Gasteiger charge is -2.43. The number of ether oxygens (including phenoxy) is 1. The van der Waals surface area contributed by atoms with Crippen molar-refractivity contribution in [1.29, 1.82) is 0 Å². The Morgan fingerprint density at radius 2 is 1.82 bits per heavy atom. The molecule has 0 radical (unpaired) electrons. The van der Waals surface area contributed by atoms with Gasteiger partial charge in [-0.05, 0) is 26.7 Å². The Morgan fingerprint density at radius 3 is 2.55 bits per heavy atom. The SMILES string of the molecule is CC1(CCCCCCCCC=O)CC2(C)OC(=O)CC2OO1. The van der Waals surface area contributed by atoms with E-state index >= 15 is 0 Å². The summed E-state index contributed by atoms with van der Waals surface area (Å²) in [6.45, 7) is 3.97. The third kappa shape index (κ3) is 4.53. The zero-order chi connectivity index (χ0) is 16.1. The van der Waals surface area contributed by atoms with Gasteiger partial charge in [-0.1, -0.05) is 32.1 Å². The van der Waals surface area contributed by atoms with Crippen LogP contribution < -0.4 is 0 Å². The quantitative estimate of drug-likeness (QED) is 0.282. The molecule has 2 aliphatic heterocycles. The highest BCUT2D eigenvalue weighted by atomic mass is 17.2. The molecule has 0 aromatic carbocycles. The second kappa shape index (κ2) is 7.55. The summed E-state index contributed by atoms with van der Waals surface area (Å²) in [5.41, 5.74) is -0.924. The van der Waals surface area contributed by atoms with Crippen molar-refractivity contribution in [1.82, 2.24) is 0 Å². The summed E-state index contributed by atoms with van der Waals surface area (Å²) in [5.74, 6) is -0.198. The van der Waals surface area contributed by atoms with E-state index in [9.17, 15) is 9.59 Å². The third-order valence-corrected chi connectivity index (χ3v) is 4.75. The summed E-state index contributed by atoms with van der Waals surface area (Å²) in [5, 5.41) is 0. The van der Waals surface area contributed by atoms with Gasteiger partial charge < -0.3 is 9.53 Å². The molecule has 126 valence electrons. The maximum atomic E-state index is 11.5. The average molecular weight is 312 g/mol. The average Bonchev–Trinajstić information content (AvgIpc) is 2.74. The molecule has 5 nitrogen and oxygen atoms in total. The van der Waals surface area contributed by atoms with E-state index in [0.29, 0.717) is 12.8 Å². The predicted molar refractivity (Wildman–Crippen MR) is 81.1 cm³/mol. The van der Waals surface area contributed by atoms with E-state index in [0.717, 1.165) is 38.4 Å². The van der Waals surface area contributed by atoms with E-state index in [-0.39, 0.29) is 24.1 Å². The van der Waals surface area contributed by atoms with E-state index in [1.807, 2.05) is 13.8 Å². The van der Waals surface area contributed by atoms with Gasteiger partial charge in [-0.3, -0.25) is 4.79 Å². The van der Waals surface area contributed by atoms with Crippen LogP contribution in [-0.4, -0.2) is 29.6 Å². The second-order valence-corrected chi connectivity index (χ2v) is 7.11. The maximum absolute atomic E-state index is 11.5. The van der Waals surface area contributed by atoms with Crippen molar-refractivity contribution in [2.24, 2.45) is 0 Å². The van der Waals surface area contributed by atoms with Gasteiger partial charge in [0.15, 0.2) is 0 Å². The van der Waals surface area contributed by atoms with Crippen LogP contribution in [0.2, 0.25) is 0 Å². The van der Waals surface area contributed by atoms with Crippen LogP contribution in [-0.2, 0) is 24.1 Å². The number of unbranched alkanes of at least 4 members (excludes halogenated alkanes) is 6. The Labute approximate surface area is 132 Å². The van der Waals surface area contributed by atoms with Gasteiger partial charge in [0.05, 0.1) is 6.42 Å². The van der Waals surface area contributed by atoms with Gasteiger partial charge in [0.2, 0.25) is 0 Å². The Balaban J connectivity index is 1.65. The molecule has 2 rings (SSSR count). The van der Waals surface area contributed by atoms with Gasteiger partial charge in [-0.15, -0.1) is 0 Å². The first-order valence-corrected chi connectivity index (χ1v) is 8.47. The number of carbonyl (C=O) groups is 2. The smallest absolute Gasteiger partial charge is 0.309 e. The number of rotatable bonds is 9. The number of hydrogen-bond acceptors (Lipinski definition) is 5. The maximum Gasteiger partial charge on any atom is 0.309 e. The molecule has 0 spiro atoms. The topological polar surface area (TPSA) is 61.8 Å². The lowest BCUT2D eigenvalue weighted by molar-refractivity contribution is -0.428. The predicted octanol–water partition coefficient (Wildman–Crippen LogP) is 3.49. The van der Waals surface area contributed by atoms with Crippen molar-refractivity contribution in [3.8, 4) is 0 Å². The molecule has 2 heterocycles. The highest BCUT2D eigenvalue weighted by Crippen LogP contribution is 2.44. The van der Waals surface area contributed by atoms with Crippen LogP contribution in [0.5, 0.6) is 0 Å². The van der Waals surface area contributed by atoms with E-state index in [1.165, 1.54) is 12.8 Å². The minimum Gasteiger partial charge on any atom is -0.456 e. The molecular weight excluding hydrogens is 284 g/mol. The molecular formula is C17H28O5. The Bertz CT molecular complexity index is 397. The molecule has 0 aromatic heterocycles. The van der Waals surface area contributed by atoms with E-state index in [1.54, 1.807) is 0 Å². The molecule has 2 saturated heterocycles. The van der Waals surface area contributed by atoms with Gasteiger partial charge >= 0.3 is 5.97 Å². The fraction of sp³-hybridized carbons (Fsp3) is 0.882. The van der Waals surface area contributed by atoms with E-state index in [4.69, 9.17) is 14.5 Å². The van der Waals surface area contributed by atoms with Crippen LogP contribution in [0.3, 0.4) is 0 Å². The van der Waals surface area contributed by atoms with E-state index < -0.39 is 5.60 Å². The zero-order valence-corrected chi connectivity index (χ0v) is 13.8. The largest absolute Gasteiger partial charge is 0.456 e. The van der Waals surface area contributed by atoms with Crippen LogP contribution in [0.1, 0.15) is 78.1 Å². The number of aldehydes is 1. The standard InChI is InChI=1S/C17H28O5/c1-16(10-8-6-4-3-5-7-9-11-18)13-17(2)14(21-22-16)12-15(19)20-17/h11,14H,3-10,12-13H2,1-2H3. The van der Waals surface area contributed by atoms with Crippen molar-refractivity contribution < 1.29 is 24.1 Å². The molecule has 22 heavy (non-hydrogen) atoms. The molecule has 2 fully saturated rings. The minimum atomic E-state index is -0.543. The minimum absolute atomic E-state index is 0.198. The molecule has 0 N–H and O–H groups in total. The summed E-state index contributed by atoms with van der Waals surface area (Å²) >= 11 is 0. The van der Waals surface area contributed by atoms with Crippen molar-refractivity contribution in [2.45, 2.75) is 95.4 Å². The van der Waals surface area contributed by atoms with Gasteiger partial charge in [0, 0.05) is 12.8 Å². The third-order valence-electron chi connectivity index (χ3n) is 4.75. The number of fused-ring (bicyclic) bond motifs is 1. The molecule has 0 saturated carbocycles. The van der Waals surface area contributed by atoms with Gasteiger partial charge in [0.1, 0.15) is 23.6 Å². The molecule has 3 atom stereocenters. The Hall–Kier alpha value is -0.940. The van der Waals surface area contributed by atoms with Crippen molar-refractivity contribution in [2.75, 3.05) is 0 Å². The lowest BCUT2D eigenvalue weighted by atomic mass is 9.82. The van der Waals surface area contributed by atoms with Crippen molar-refractivity contribution in [3.05, 3.63) is 0 Å². The number of esters is 1. The Morgan fingerprint density at radius 1 is 1.14 bits per heavy atom. The van der Waals surface area contributed by atoms with Crippen LogP contribution in [0.15, 0.2) is 0 Å². The monoisotopic (exact) mass is 312 g/mol. The summed E-state index contributed by atoms with van der Waals surface area (Å²) < 4.78 is 5.46. The molecule has 0 aliphatic carbocycles. The van der Waals surface area contributed by atoms with Gasteiger partial charge in [-0.2, -0.15) is 0 Å². The second-order valence-electron chi connectivity index (χ2n) is 7.11. The van der Waals surface area contributed by atoms with E-state index in [2.05, 4.69) is 0 Å². The summed E-state index contributed by atoms with van der Waals surface area (Å²) in [7, 11) is 0. The summed E-state index contributed by atoms with van der Waals surface area (Å²) in [4.78, 5) is 32.7. The summed E-state index contributed by atoms with van der Waals surface area (Å²) in [6.07, 6.45) is 10.0. The number of hydrogen-bond donors (Lipinski definition) is 0. The van der Waals surface area contributed by atoms with Gasteiger partial charge in [-0.25, -0.2) is 9.78 Å². The first kappa shape index (κ1) is 17.4. The molecule has 0 amide bonds. The van der Waals surface area contributed by atoms with Crippen molar-refractivity contribution in [3.63, 3.8) is 0 Å². The molecule has 0 aromatic rings. The van der Waals surface area contributed by atoms with Crippen LogP contribution in [0.4, 0.5) is 0 Å². The first-order valence-electron chi connectivity index (χ1n) is 8.47. The highest BCUT2D eigenvalue weighted by Gasteiger charge is 2.55. The molecule has 3 unspecified atom stereocenters.